The zero-order chi connectivity index (χ0) is 17.7. The van der Waals surface area contributed by atoms with Crippen molar-refractivity contribution in [3.63, 3.8) is 0 Å². The van der Waals surface area contributed by atoms with Gasteiger partial charge >= 0.3 is 5.97 Å². The number of carbonyl (C=O) groups is 1. The average molecular weight is 356 g/mol. The average Bonchev–Trinajstić information content (AvgIpc) is 3.00. The minimum absolute atomic E-state index is 0.0131. The molecule has 1 fully saturated rings. The second kappa shape index (κ2) is 8.06. The maximum atomic E-state index is 12.6. The van der Waals surface area contributed by atoms with E-state index in [4.69, 9.17) is 9.84 Å². The maximum Gasteiger partial charge on any atom is 0.335 e. The van der Waals surface area contributed by atoms with Gasteiger partial charge in [-0.15, -0.1) is 0 Å². The van der Waals surface area contributed by atoms with Gasteiger partial charge in [0.1, 0.15) is 0 Å². The van der Waals surface area contributed by atoms with Gasteiger partial charge in [-0.2, -0.15) is 0 Å². The smallest absolute Gasteiger partial charge is 0.335 e. The fourth-order valence-corrected chi connectivity index (χ4v) is 4.21. The number of carboxylic acid groups (broad SMARTS) is 1. The molecule has 1 atom stereocenters. The van der Waals surface area contributed by atoms with Crippen LogP contribution in [0.15, 0.2) is 29.2 Å². The molecule has 24 heavy (non-hydrogen) atoms. The molecule has 0 bridgehead atoms. The molecule has 2 rings (SSSR count). The molecule has 0 spiro atoms. The summed E-state index contributed by atoms with van der Waals surface area (Å²) in [7, 11) is -0.482. The molecule has 134 valence electrons. The normalized spacial score (nSPS) is 19.0. The number of aromatic carboxylic acids is 1. The van der Waals surface area contributed by atoms with E-state index in [1.165, 1.54) is 28.6 Å². The molecule has 8 heteroatoms. The fourth-order valence-electron chi connectivity index (χ4n) is 2.92. The lowest BCUT2D eigenvalue weighted by Gasteiger charge is -2.21. The lowest BCUT2D eigenvalue weighted by atomic mass is 10.1. The zero-order valence-corrected chi connectivity index (χ0v) is 14.8. The summed E-state index contributed by atoms with van der Waals surface area (Å²) in [6.45, 7) is 3.73. The van der Waals surface area contributed by atoms with Gasteiger partial charge in [0.15, 0.2) is 0 Å². The van der Waals surface area contributed by atoms with Crippen LogP contribution in [0.3, 0.4) is 0 Å². The van der Waals surface area contributed by atoms with E-state index in [0.717, 1.165) is 26.1 Å². The van der Waals surface area contributed by atoms with Crippen LogP contribution >= 0.6 is 0 Å². The maximum absolute atomic E-state index is 12.6. The molecule has 1 aromatic rings. The lowest BCUT2D eigenvalue weighted by Crippen LogP contribution is -2.33. The molecule has 0 amide bonds. The third-order valence-electron chi connectivity index (χ3n) is 4.29. The molecular formula is C16H24N2O5S. The second-order valence-corrected chi connectivity index (χ2v) is 8.11. The van der Waals surface area contributed by atoms with Gasteiger partial charge in [0.2, 0.25) is 10.0 Å². The first-order valence-corrected chi connectivity index (χ1v) is 9.29. The summed E-state index contributed by atoms with van der Waals surface area (Å²) >= 11 is 0. The van der Waals surface area contributed by atoms with Crippen molar-refractivity contribution in [1.82, 2.24) is 9.21 Å². The topological polar surface area (TPSA) is 87.2 Å². The van der Waals surface area contributed by atoms with Crippen molar-refractivity contribution in [2.75, 3.05) is 46.9 Å². The molecule has 0 radical (unpaired) electrons. The summed E-state index contributed by atoms with van der Waals surface area (Å²) in [6, 6.07) is 5.46. The van der Waals surface area contributed by atoms with Crippen LogP contribution in [-0.4, -0.2) is 75.6 Å². The van der Waals surface area contributed by atoms with Crippen molar-refractivity contribution in [1.29, 1.82) is 0 Å². The summed E-state index contributed by atoms with van der Waals surface area (Å²) in [5.41, 5.74) is -0.0314. The van der Waals surface area contributed by atoms with Gasteiger partial charge in [-0.1, -0.05) is 6.07 Å². The van der Waals surface area contributed by atoms with E-state index in [-0.39, 0.29) is 16.4 Å². The standard InChI is InChI=1S/C16H24N2O5S/c1-17(11-13-6-7-18(12-13)8-9-23-2)24(21,22)15-5-3-4-14(10-15)16(19)20/h3-5,10,13H,6-9,11-12H2,1-2H3,(H,19,20). The van der Waals surface area contributed by atoms with Crippen LogP contribution in [0, 0.1) is 5.92 Å². The van der Waals surface area contributed by atoms with Gasteiger partial charge in [0.25, 0.3) is 0 Å². The van der Waals surface area contributed by atoms with Gasteiger partial charge in [-0.25, -0.2) is 17.5 Å². The minimum Gasteiger partial charge on any atom is -0.478 e. The monoisotopic (exact) mass is 356 g/mol. The summed E-state index contributed by atoms with van der Waals surface area (Å²) in [5, 5.41) is 9.02. The fraction of sp³-hybridized carbons (Fsp3) is 0.562. The van der Waals surface area contributed by atoms with Crippen molar-refractivity contribution < 1.29 is 23.1 Å². The minimum atomic E-state index is -3.69. The highest BCUT2D eigenvalue weighted by Gasteiger charge is 2.28. The van der Waals surface area contributed by atoms with E-state index in [2.05, 4.69) is 4.90 Å². The summed E-state index contributed by atoms with van der Waals surface area (Å²) in [5.74, 6) is -0.872. The first-order valence-electron chi connectivity index (χ1n) is 7.85. The van der Waals surface area contributed by atoms with E-state index in [1.807, 2.05) is 0 Å². The Bertz CT molecular complexity index is 677. The molecule has 0 aromatic heterocycles. The molecule has 7 nitrogen and oxygen atoms in total. The SMILES string of the molecule is COCCN1CCC(CN(C)S(=O)(=O)c2cccc(C(=O)O)c2)C1. The molecule has 1 saturated heterocycles. The number of benzene rings is 1. The summed E-state index contributed by atoms with van der Waals surface area (Å²) < 4.78 is 31.7. The van der Waals surface area contributed by atoms with Crippen molar-refractivity contribution in [2.24, 2.45) is 5.92 Å². The number of hydrogen-bond acceptors (Lipinski definition) is 5. The number of methoxy groups -OCH3 is 1. The molecule has 1 N–H and O–H groups in total. The predicted molar refractivity (Wildman–Crippen MR) is 89.6 cm³/mol. The van der Waals surface area contributed by atoms with Crippen LogP contribution < -0.4 is 0 Å². The highest BCUT2D eigenvalue weighted by atomic mass is 32.2. The van der Waals surface area contributed by atoms with Crippen molar-refractivity contribution in [3.05, 3.63) is 29.8 Å². The van der Waals surface area contributed by atoms with Crippen LogP contribution in [0.2, 0.25) is 0 Å². The van der Waals surface area contributed by atoms with Gasteiger partial charge < -0.3 is 14.7 Å². The van der Waals surface area contributed by atoms with Gasteiger partial charge in [0.05, 0.1) is 17.1 Å². The van der Waals surface area contributed by atoms with E-state index in [1.54, 1.807) is 14.2 Å². The van der Waals surface area contributed by atoms with Crippen LogP contribution in [0.1, 0.15) is 16.8 Å². The second-order valence-electron chi connectivity index (χ2n) is 6.07. The Hall–Kier alpha value is -1.48. The van der Waals surface area contributed by atoms with Crippen molar-refractivity contribution in [3.8, 4) is 0 Å². The molecule has 0 aliphatic carbocycles. The third kappa shape index (κ3) is 4.54. The Balaban J connectivity index is 2.02. The summed E-state index contributed by atoms with van der Waals surface area (Å²) in [4.78, 5) is 13.3. The van der Waals surface area contributed by atoms with Crippen LogP contribution in [-0.2, 0) is 14.8 Å². The highest BCUT2D eigenvalue weighted by Crippen LogP contribution is 2.21. The Morgan fingerprint density at radius 3 is 2.88 bits per heavy atom. The van der Waals surface area contributed by atoms with E-state index in [0.29, 0.717) is 13.2 Å². The number of hydrogen-bond donors (Lipinski definition) is 1. The quantitative estimate of drug-likeness (QED) is 0.747. The third-order valence-corrected chi connectivity index (χ3v) is 6.11. The Morgan fingerprint density at radius 2 is 2.21 bits per heavy atom. The number of rotatable bonds is 8. The van der Waals surface area contributed by atoms with Crippen LogP contribution in [0.4, 0.5) is 0 Å². The van der Waals surface area contributed by atoms with Gasteiger partial charge in [0, 0.05) is 33.8 Å². The Kier molecular flexibility index (Phi) is 6.34. The number of nitrogens with zero attached hydrogens (tertiary/aromatic N) is 2. The molecule has 1 aromatic carbocycles. The number of likely N-dealkylation sites (tertiary alicyclic amines) is 1. The molecular weight excluding hydrogens is 332 g/mol. The molecule has 0 saturated carbocycles. The van der Waals surface area contributed by atoms with Crippen LogP contribution in [0.5, 0.6) is 0 Å². The van der Waals surface area contributed by atoms with E-state index >= 15 is 0 Å². The Morgan fingerprint density at radius 1 is 1.46 bits per heavy atom. The van der Waals surface area contributed by atoms with E-state index < -0.39 is 16.0 Å². The van der Waals surface area contributed by atoms with Crippen molar-refractivity contribution in [2.45, 2.75) is 11.3 Å². The lowest BCUT2D eigenvalue weighted by molar-refractivity contribution is 0.0696. The zero-order valence-electron chi connectivity index (χ0n) is 14.0. The number of carboxylic acids is 1. The van der Waals surface area contributed by atoms with Gasteiger partial charge in [-0.05, 0) is 37.1 Å². The first kappa shape index (κ1) is 18.9. The first-order chi connectivity index (χ1) is 11.3. The molecule has 1 unspecified atom stereocenters. The largest absolute Gasteiger partial charge is 0.478 e. The molecule has 1 aliphatic heterocycles. The number of sulfonamides is 1. The van der Waals surface area contributed by atoms with Crippen LogP contribution in [0.25, 0.3) is 0 Å². The van der Waals surface area contributed by atoms with Crippen molar-refractivity contribution >= 4 is 16.0 Å². The predicted octanol–water partition coefficient (Wildman–Crippen LogP) is 0.974. The van der Waals surface area contributed by atoms with E-state index in [9.17, 15) is 13.2 Å². The highest BCUT2D eigenvalue weighted by molar-refractivity contribution is 7.89. The van der Waals surface area contributed by atoms with Gasteiger partial charge in [-0.3, -0.25) is 0 Å². The number of ether oxygens (including phenoxy) is 1. The molecule has 1 heterocycles. The summed E-state index contributed by atoms with van der Waals surface area (Å²) in [6.07, 6.45) is 0.943. The Labute approximate surface area is 142 Å². The molecule has 1 aliphatic rings.